The quantitative estimate of drug-likeness (QED) is 0.770. The molecule has 0 radical (unpaired) electrons. The van der Waals surface area contributed by atoms with Gasteiger partial charge in [-0.3, -0.25) is 9.78 Å². The molecule has 86 valence electrons. The van der Waals surface area contributed by atoms with Crippen molar-refractivity contribution in [1.29, 1.82) is 0 Å². The molecule has 0 atom stereocenters. The van der Waals surface area contributed by atoms with Crippen LogP contribution in [-0.2, 0) is 6.54 Å². The smallest absolute Gasteiger partial charge is 0.268 e. The second-order valence-electron chi connectivity index (χ2n) is 3.73. The summed E-state index contributed by atoms with van der Waals surface area (Å²) in [7, 11) is 0. The van der Waals surface area contributed by atoms with Crippen molar-refractivity contribution in [2.75, 3.05) is 6.61 Å². The highest BCUT2D eigenvalue weighted by Crippen LogP contribution is 2.30. The van der Waals surface area contributed by atoms with Crippen LogP contribution in [0.3, 0.4) is 0 Å². The lowest BCUT2D eigenvalue weighted by Gasteiger charge is -2.03. The maximum Gasteiger partial charge on any atom is 0.268 e. The van der Waals surface area contributed by atoms with Crippen LogP contribution < -0.4 is 10.5 Å². The molecule has 0 saturated heterocycles. The SMILES string of the molecule is NC(=O)c1cn2c(n1)-c1cnccc1OCC2. The maximum atomic E-state index is 11.1. The van der Waals surface area contributed by atoms with Gasteiger partial charge in [0.05, 0.1) is 12.1 Å². The lowest BCUT2D eigenvalue weighted by Crippen LogP contribution is -2.11. The highest BCUT2D eigenvalue weighted by Gasteiger charge is 2.19. The van der Waals surface area contributed by atoms with Gasteiger partial charge < -0.3 is 15.0 Å². The van der Waals surface area contributed by atoms with E-state index in [2.05, 4.69) is 9.97 Å². The first-order valence-corrected chi connectivity index (χ1v) is 5.20. The largest absolute Gasteiger partial charge is 0.491 e. The Morgan fingerprint density at radius 1 is 1.53 bits per heavy atom. The normalized spacial score (nSPS) is 13.2. The number of aromatic nitrogens is 3. The van der Waals surface area contributed by atoms with Gasteiger partial charge in [0, 0.05) is 18.6 Å². The summed E-state index contributed by atoms with van der Waals surface area (Å²) in [6, 6.07) is 1.78. The predicted octanol–water partition coefficient (Wildman–Crippen LogP) is 0.436. The third-order valence-electron chi connectivity index (χ3n) is 2.64. The number of fused-ring (bicyclic) bond motifs is 3. The Labute approximate surface area is 97.1 Å². The van der Waals surface area contributed by atoms with Gasteiger partial charge in [-0.1, -0.05) is 0 Å². The molecule has 3 heterocycles. The molecule has 0 unspecified atom stereocenters. The van der Waals surface area contributed by atoms with Crippen molar-refractivity contribution < 1.29 is 9.53 Å². The number of ether oxygens (including phenoxy) is 1. The minimum absolute atomic E-state index is 0.261. The second-order valence-corrected chi connectivity index (χ2v) is 3.73. The fourth-order valence-corrected chi connectivity index (χ4v) is 1.85. The van der Waals surface area contributed by atoms with E-state index < -0.39 is 5.91 Å². The highest BCUT2D eigenvalue weighted by molar-refractivity contribution is 5.91. The van der Waals surface area contributed by atoms with Crippen LogP contribution in [0.1, 0.15) is 10.5 Å². The zero-order valence-electron chi connectivity index (χ0n) is 8.96. The van der Waals surface area contributed by atoms with E-state index in [1.807, 2.05) is 4.57 Å². The second kappa shape index (κ2) is 3.58. The van der Waals surface area contributed by atoms with E-state index in [0.29, 0.717) is 19.0 Å². The molecule has 0 aromatic carbocycles. The molecule has 2 aromatic rings. The van der Waals surface area contributed by atoms with Gasteiger partial charge in [-0.05, 0) is 6.07 Å². The molecule has 6 nitrogen and oxygen atoms in total. The molecule has 1 aliphatic rings. The third kappa shape index (κ3) is 1.54. The van der Waals surface area contributed by atoms with Crippen molar-refractivity contribution in [3.05, 3.63) is 30.4 Å². The average Bonchev–Trinajstić information content (AvgIpc) is 2.67. The van der Waals surface area contributed by atoms with Crippen molar-refractivity contribution in [1.82, 2.24) is 14.5 Å². The van der Waals surface area contributed by atoms with Gasteiger partial charge in [-0.2, -0.15) is 0 Å². The van der Waals surface area contributed by atoms with Gasteiger partial charge in [0.2, 0.25) is 0 Å². The number of carbonyl (C=O) groups excluding carboxylic acids is 1. The molecule has 0 saturated carbocycles. The third-order valence-corrected chi connectivity index (χ3v) is 2.64. The summed E-state index contributed by atoms with van der Waals surface area (Å²) < 4.78 is 7.43. The lowest BCUT2D eigenvalue weighted by molar-refractivity contribution is 0.0996. The van der Waals surface area contributed by atoms with Gasteiger partial charge in [0.1, 0.15) is 23.9 Å². The fraction of sp³-hybridized carbons (Fsp3) is 0.182. The van der Waals surface area contributed by atoms with E-state index >= 15 is 0 Å². The number of rotatable bonds is 1. The number of amides is 1. The number of primary amides is 1. The van der Waals surface area contributed by atoms with E-state index in [9.17, 15) is 4.79 Å². The number of carbonyl (C=O) groups is 1. The van der Waals surface area contributed by atoms with Crippen molar-refractivity contribution in [2.24, 2.45) is 5.73 Å². The van der Waals surface area contributed by atoms with Crippen LogP contribution in [0.2, 0.25) is 0 Å². The van der Waals surface area contributed by atoms with Crippen LogP contribution in [0.15, 0.2) is 24.7 Å². The number of pyridine rings is 1. The molecule has 0 aliphatic carbocycles. The van der Waals surface area contributed by atoms with Gasteiger partial charge in [-0.25, -0.2) is 4.98 Å². The average molecular weight is 230 g/mol. The van der Waals surface area contributed by atoms with Gasteiger partial charge in [0.25, 0.3) is 5.91 Å². The standard InChI is InChI=1S/C11H10N4O2/c12-10(16)8-6-15-3-4-17-9-1-2-13-5-7(9)11(15)14-8/h1-2,5-6H,3-4H2,(H2,12,16). The van der Waals surface area contributed by atoms with E-state index in [-0.39, 0.29) is 5.69 Å². The first-order chi connectivity index (χ1) is 8.25. The summed E-state index contributed by atoms with van der Waals surface area (Å²) in [5, 5.41) is 0. The minimum Gasteiger partial charge on any atom is -0.491 e. The molecule has 1 aliphatic heterocycles. The van der Waals surface area contributed by atoms with Gasteiger partial charge >= 0.3 is 0 Å². The summed E-state index contributed by atoms with van der Waals surface area (Å²) in [5.74, 6) is 0.858. The topological polar surface area (TPSA) is 83.0 Å². The summed E-state index contributed by atoms with van der Waals surface area (Å²) in [4.78, 5) is 19.4. The van der Waals surface area contributed by atoms with Crippen molar-refractivity contribution in [3.8, 4) is 17.1 Å². The number of hydrogen-bond acceptors (Lipinski definition) is 4. The van der Waals surface area contributed by atoms with Crippen LogP contribution in [0, 0.1) is 0 Å². The summed E-state index contributed by atoms with van der Waals surface area (Å²) in [6.45, 7) is 1.16. The summed E-state index contributed by atoms with van der Waals surface area (Å²) in [5.41, 5.74) is 6.26. The van der Waals surface area contributed by atoms with Crippen molar-refractivity contribution in [2.45, 2.75) is 6.54 Å². The molecule has 0 bridgehead atoms. The van der Waals surface area contributed by atoms with Crippen LogP contribution in [-0.4, -0.2) is 27.0 Å². The monoisotopic (exact) mass is 230 g/mol. The lowest BCUT2D eigenvalue weighted by atomic mass is 10.2. The Morgan fingerprint density at radius 2 is 2.41 bits per heavy atom. The number of nitrogens with zero attached hydrogens (tertiary/aromatic N) is 3. The fourth-order valence-electron chi connectivity index (χ4n) is 1.85. The molecule has 0 fully saturated rings. The Morgan fingerprint density at radius 3 is 3.24 bits per heavy atom. The Kier molecular flexibility index (Phi) is 2.07. The zero-order valence-corrected chi connectivity index (χ0v) is 8.96. The molecule has 0 spiro atoms. The van der Waals surface area contributed by atoms with Crippen LogP contribution in [0.4, 0.5) is 0 Å². The minimum atomic E-state index is -0.531. The number of imidazole rings is 1. The maximum absolute atomic E-state index is 11.1. The van der Waals surface area contributed by atoms with Crippen molar-refractivity contribution in [3.63, 3.8) is 0 Å². The molecule has 1 amide bonds. The molecule has 2 N–H and O–H groups in total. The first-order valence-electron chi connectivity index (χ1n) is 5.20. The number of nitrogens with two attached hydrogens (primary N) is 1. The summed E-state index contributed by atoms with van der Waals surface area (Å²) >= 11 is 0. The Bertz CT molecular complexity index is 591. The Hall–Kier alpha value is -2.37. The van der Waals surface area contributed by atoms with Gasteiger partial charge in [0.15, 0.2) is 0 Å². The molecule has 2 aromatic heterocycles. The molecule has 6 heteroatoms. The molecule has 3 rings (SSSR count). The Balaban J connectivity index is 2.21. The van der Waals surface area contributed by atoms with E-state index in [1.165, 1.54) is 0 Å². The van der Waals surface area contributed by atoms with Crippen LogP contribution in [0.25, 0.3) is 11.4 Å². The van der Waals surface area contributed by atoms with Gasteiger partial charge in [-0.15, -0.1) is 0 Å². The molecular weight excluding hydrogens is 220 g/mol. The van der Waals surface area contributed by atoms with Crippen LogP contribution >= 0.6 is 0 Å². The van der Waals surface area contributed by atoms with Crippen LogP contribution in [0.5, 0.6) is 5.75 Å². The van der Waals surface area contributed by atoms with E-state index in [1.54, 1.807) is 24.7 Å². The first kappa shape index (κ1) is 9.83. The summed E-state index contributed by atoms with van der Waals surface area (Å²) in [6.07, 6.45) is 4.97. The molecular formula is C11H10N4O2. The predicted molar refractivity (Wildman–Crippen MR) is 59.5 cm³/mol. The molecule has 17 heavy (non-hydrogen) atoms. The zero-order chi connectivity index (χ0) is 11.8. The highest BCUT2D eigenvalue weighted by atomic mass is 16.5. The van der Waals surface area contributed by atoms with Crippen molar-refractivity contribution >= 4 is 5.91 Å². The van der Waals surface area contributed by atoms with E-state index in [4.69, 9.17) is 10.5 Å². The number of hydrogen-bond donors (Lipinski definition) is 1. The van der Waals surface area contributed by atoms with E-state index in [0.717, 1.165) is 11.3 Å².